The minimum atomic E-state index is -0.00817. The van der Waals surface area contributed by atoms with Crippen LogP contribution >= 0.6 is 0 Å². The molecule has 4 rings (SSSR count). The summed E-state index contributed by atoms with van der Waals surface area (Å²) in [7, 11) is 1.85. The summed E-state index contributed by atoms with van der Waals surface area (Å²) in [6, 6.07) is 6.12. The van der Waals surface area contributed by atoms with Gasteiger partial charge < -0.3 is 10.0 Å². The van der Waals surface area contributed by atoms with E-state index in [2.05, 4.69) is 11.1 Å². The third kappa shape index (κ3) is 2.03. The predicted octanol–water partition coefficient (Wildman–Crippen LogP) is 2.64. The van der Waals surface area contributed by atoms with Gasteiger partial charge in [0.15, 0.2) is 0 Å². The Kier molecular flexibility index (Phi) is 3.01. The van der Waals surface area contributed by atoms with Crippen LogP contribution in [0, 0.1) is 0 Å². The minimum Gasteiger partial charge on any atom is -0.392 e. The standard InChI is InChI=1S/C18H18N2O2/c1-20-16-5-4-14(13-6-11(10-21)8-19-9-13)18(12-2-3-12)15(16)7-17(20)22/h4-6,8-9,12,21H,2-3,7,10H2,1H3. The molecule has 1 aliphatic carbocycles. The Morgan fingerprint density at radius 1 is 1.32 bits per heavy atom. The molecule has 22 heavy (non-hydrogen) atoms. The van der Waals surface area contributed by atoms with Gasteiger partial charge in [-0.25, -0.2) is 0 Å². The molecule has 2 aliphatic rings. The number of pyridine rings is 1. The highest BCUT2D eigenvalue weighted by atomic mass is 16.3. The molecule has 0 spiro atoms. The average molecular weight is 294 g/mol. The first-order valence-electron chi connectivity index (χ1n) is 7.66. The predicted molar refractivity (Wildman–Crippen MR) is 84.7 cm³/mol. The molecule has 1 saturated carbocycles. The smallest absolute Gasteiger partial charge is 0.231 e. The monoisotopic (exact) mass is 294 g/mol. The van der Waals surface area contributed by atoms with Crippen molar-refractivity contribution in [1.29, 1.82) is 0 Å². The van der Waals surface area contributed by atoms with Gasteiger partial charge in [-0.3, -0.25) is 9.78 Å². The van der Waals surface area contributed by atoms with Gasteiger partial charge in [0.05, 0.1) is 13.0 Å². The SMILES string of the molecule is CN1C(=O)Cc2c1ccc(-c1cncc(CO)c1)c2C1CC1. The summed E-state index contributed by atoms with van der Waals surface area (Å²) in [6.07, 6.45) is 6.40. The largest absolute Gasteiger partial charge is 0.392 e. The summed E-state index contributed by atoms with van der Waals surface area (Å²) in [6.45, 7) is -0.00817. The van der Waals surface area contributed by atoms with Crippen molar-refractivity contribution in [3.63, 3.8) is 0 Å². The maximum Gasteiger partial charge on any atom is 0.231 e. The van der Waals surface area contributed by atoms with Crippen molar-refractivity contribution in [2.24, 2.45) is 0 Å². The van der Waals surface area contributed by atoms with Crippen LogP contribution in [0.25, 0.3) is 11.1 Å². The van der Waals surface area contributed by atoms with Crippen LogP contribution in [0.5, 0.6) is 0 Å². The number of likely N-dealkylation sites (N-methyl/N-ethyl adjacent to an activating group) is 1. The number of hydrogen-bond acceptors (Lipinski definition) is 3. The zero-order valence-corrected chi connectivity index (χ0v) is 12.5. The molecule has 4 heteroatoms. The molecule has 112 valence electrons. The lowest BCUT2D eigenvalue weighted by molar-refractivity contribution is -0.117. The Labute approximate surface area is 129 Å². The third-order valence-electron chi connectivity index (χ3n) is 4.67. The number of carbonyl (C=O) groups is 1. The van der Waals surface area contributed by atoms with Gasteiger partial charge in [0, 0.05) is 30.7 Å². The molecular weight excluding hydrogens is 276 g/mol. The van der Waals surface area contributed by atoms with Crippen LogP contribution < -0.4 is 4.90 Å². The van der Waals surface area contributed by atoms with Gasteiger partial charge in [-0.05, 0) is 53.1 Å². The second-order valence-electron chi connectivity index (χ2n) is 6.17. The highest BCUT2D eigenvalue weighted by molar-refractivity contribution is 6.02. The zero-order chi connectivity index (χ0) is 15.3. The van der Waals surface area contributed by atoms with Crippen LogP contribution in [-0.4, -0.2) is 23.0 Å². The Hall–Kier alpha value is -2.20. The highest BCUT2D eigenvalue weighted by Crippen LogP contribution is 2.49. The number of benzene rings is 1. The second kappa shape index (κ2) is 4.92. The van der Waals surface area contributed by atoms with Crippen molar-refractivity contribution in [2.75, 3.05) is 11.9 Å². The van der Waals surface area contributed by atoms with E-state index >= 15 is 0 Å². The quantitative estimate of drug-likeness (QED) is 0.947. The molecule has 4 nitrogen and oxygen atoms in total. The lowest BCUT2D eigenvalue weighted by Gasteiger charge is -2.16. The van der Waals surface area contributed by atoms with Crippen LogP contribution in [0.15, 0.2) is 30.6 Å². The van der Waals surface area contributed by atoms with Gasteiger partial charge in [-0.1, -0.05) is 6.07 Å². The van der Waals surface area contributed by atoms with Crippen molar-refractivity contribution in [3.8, 4) is 11.1 Å². The van der Waals surface area contributed by atoms with E-state index in [0.717, 1.165) is 22.4 Å². The van der Waals surface area contributed by atoms with Crippen molar-refractivity contribution >= 4 is 11.6 Å². The number of hydrogen-bond donors (Lipinski definition) is 1. The number of nitrogens with zero attached hydrogens (tertiary/aromatic N) is 2. The molecule has 1 amide bonds. The number of aliphatic hydroxyl groups is 1. The Balaban J connectivity index is 1.90. The van der Waals surface area contributed by atoms with Gasteiger partial charge in [0.2, 0.25) is 5.91 Å². The van der Waals surface area contributed by atoms with Crippen molar-refractivity contribution in [2.45, 2.75) is 31.8 Å². The van der Waals surface area contributed by atoms with Crippen LogP contribution in [0.1, 0.15) is 35.4 Å². The highest BCUT2D eigenvalue weighted by Gasteiger charge is 2.35. The lowest BCUT2D eigenvalue weighted by Crippen LogP contribution is -2.20. The van der Waals surface area contributed by atoms with E-state index < -0.39 is 0 Å². The van der Waals surface area contributed by atoms with E-state index in [9.17, 15) is 9.90 Å². The van der Waals surface area contributed by atoms with Gasteiger partial charge in [0.1, 0.15) is 0 Å². The number of anilines is 1. The van der Waals surface area contributed by atoms with E-state index in [4.69, 9.17) is 0 Å². The molecule has 0 bridgehead atoms. The van der Waals surface area contributed by atoms with Crippen LogP contribution in [-0.2, 0) is 17.8 Å². The number of rotatable bonds is 3. The summed E-state index contributed by atoms with van der Waals surface area (Å²) in [5.74, 6) is 0.721. The molecule has 1 fully saturated rings. The van der Waals surface area contributed by atoms with Crippen molar-refractivity contribution in [3.05, 3.63) is 47.3 Å². The molecule has 0 atom stereocenters. The zero-order valence-electron chi connectivity index (χ0n) is 12.5. The lowest BCUT2D eigenvalue weighted by atomic mass is 9.91. The average Bonchev–Trinajstić information content (AvgIpc) is 3.34. The van der Waals surface area contributed by atoms with Gasteiger partial charge in [-0.2, -0.15) is 0 Å². The summed E-state index contributed by atoms with van der Waals surface area (Å²) in [5.41, 5.74) is 6.54. The maximum absolute atomic E-state index is 12.1. The molecule has 1 aromatic carbocycles. The number of carbonyl (C=O) groups excluding carboxylic acids is 1. The van der Waals surface area contributed by atoms with E-state index in [-0.39, 0.29) is 12.5 Å². The number of fused-ring (bicyclic) bond motifs is 1. The van der Waals surface area contributed by atoms with Crippen LogP contribution in [0.3, 0.4) is 0 Å². The van der Waals surface area contributed by atoms with E-state index in [1.54, 1.807) is 11.1 Å². The third-order valence-corrected chi connectivity index (χ3v) is 4.67. The van der Waals surface area contributed by atoms with Gasteiger partial charge >= 0.3 is 0 Å². The molecule has 2 aromatic rings. The van der Waals surface area contributed by atoms with Crippen LogP contribution in [0.4, 0.5) is 5.69 Å². The minimum absolute atomic E-state index is 0.00817. The summed E-state index contributed by atoms with van der Waals surface area (Å²) in [5, 5.41) is 9.33. The summed E-state index contributed by atoms with van der Waals surface area (Å²) in [4.78, 5) is 18.1. The molecule has 2 heterocycles. The first-order valence-corrected chi connectivity index (χ1v) is 7.66. The molecular formula is C18H18N2O2. The van der Waals surface area contributed by atoms with Crippen molar-refractivity contribution in [1.82, 2.24) is 4.98 Å². The fourth-order valence-corrected chi connectivity index (χ4v) is 3.37. The van der Waals surface area contributed by atoms with Crippen molar-refractivity contribution < 1.29 is 9.90 Å². The normalized spacial score (nSPS) is 17.0. The Morgan fingerprint density at radius 3 is 2.86 bits per heavy atom. The molecule has 0 radical (unpaired) electrons. The fraction of sp³-hybridized carbons (Fsp3) is 0.333. The fourth-order valence-electron chi connectivity index (χ4n) is 3.37. The van der Waals surface area contributed by atoms with Gasteiger partial charge in [0.25, 0.3) is 0 Å². The van der Waals surface area contributed by atoms with E-state index in [1.165, 1.54) is 24.0 Å². The Morgan fingerprint density at radius 2 is 2.14 bits per heavy atom. The topological polar surface area (TPSA) is 53.4 Å². The summed E-state index contributed by atoms with van der Waals surface area (Å²) >= 11 is 0. The molecule has 0 saturated heterocycles. The first-order chi connectivity index (χ1) is 10.7. The molecule has 1 aromatic heterocycles. The molecule has 1 N–H and O–H groups in total. The van der Waals surface area contributed by atoms with Gasteiger partial charge in [-0.15, -0.1) is 0 Å². The second-order valence-corrected chi connectivity index (χ2v) is 6.17. The molecule has 1 aliphatic heterocycles. The summed E-state index contributed by atoms with van der Waals surface area (Å²) < 4.78 is 0. The van der Waals surface area contributed by atoms with E-state index in [1.807, 2.05) is 25.4 Å². The first kappa shape index (κ1) is 13.5. The maximum atomic E-state index is 12.1. The molecule has 0 unspecified atom stereocenters. The Bertz CT molecular complexity index is 766. The van der Waals surface area contributed by atoms with E-state index in [0.29, 0.717) is 12.3 Å². The number of amides is 1. The number of aromatic nitrogens is 1. The van der Waals surface area contributed by atoms with Crippen LogP contribution in [0.2, 0.25) is 0 Å². The number of aliphatic hydroxyl groups excluding tert-OH is 1.